The van der Waals surface area contributed by atoms with Crippen LogP contribution in [-0.4, -0.2) is 62.9 Å². The van der Waals surface area contributed by atoms with E-state index in [-0.39, 0.29) is 18.1 Å². The number of hydrogen-bond donors (Lipinski definition) is 1. The van der Waals surface area contributed by atoms with Crippen LogP contribution in [0, 0.1) is 0 Å². The Hall–Kier alpha value is -2.57. The third-order valence-corrected chi connectivity index (χ3v) is 5.11. The highest BCUT2D eigenvalue weighted by atomic mass is 16.5. The van der Waals surface area contributed by atoms with Crippen LogP contribution in [0.4, 0.5) is 0 Å². The topological polar surface area (TPSA) is 60.0 Å². The third kappa shape index (κ3) is 5.52. The fourth-order valence-corrected chi connectivity index (χ4v) is 3.94. The first-order valence-corrected chi connectivity index (χ1v) is 10.6. The molecule has 2 unspecified atom stereocenters. The largest absolute Gasteiger partial charge is 0.492 e. The Morgan fingerprint density at radius 3 is 2.50 bits per heavy atom. The van der Waals surface area contributed by atoms with E-state index in [1.807, 2.05) is 43.3 Å². The molecule has 162 valence electrons. The van der Waals surface area contributed by atoms with Crippen molar-refractivity contribution in [2.45, 2.75) is 33.0 Å². The second-order valence-electron chi connectivity index (χ2n) is 7.63. The molecule has 1 N–H and O–H groups in total. The number of benzene rings is 2. The van der Waals surface area contributed by atoms with Crippen LogP contribution in [0.5, 0.6) is 11.5 Å². The average molecular weight is 413 g/mol. The first-order chi connectivity index (χ1) is 14.5. The zero-order valence-corrected chi connectivity index (χ0v) is 18.3. The predicted octanol–water partition coefficient (Wildman–Crippen LogP) is 3.60. The quantitative estimate of drug-likeness (QED) is 0.718. The maximum atomic E-state index is 12.9. The fraction of sp³-hybridized carbons (Fsp3) is 0.458. The molecule has 2 atom stereocenters. The van der Waals surface area contributed by atoms with Gasteiger partial charge in [-0.25, -0.2) is 0 Å². The maximum Gasteiger partial charge on any atom is 0.251 e. The van der Waals surface area contributed by atoms with Crippen LogP contribution in [0.3, 0.4) is 0 Å². The summed E-state index contributed by atoms with van der Waals surface area (Å²) in [7, 11) is 1.62. The molecule has 1 aliphatic heterocycles. The van der Waals surface area contributed by atoms with Crippen molar-refractivity contribution in [1.29, 1.82) is 0 Å². The van der Waals surface area contributed by atoms with Gasteiger partial charge in [-0.2, -0.15) is 0 Å². The van der Waals surface area contributed by atoms with Crippen molar-refractivity contribution in [2.24, 2.45) is 0 Å². The monoisotopic (exact) mass is 412 g/mol. The molecule has 3 rings (SSSR count). The predicted molar refractivity (Wildman–Crippen MR) is 118 cm³/mol. The normalized spacial score (nSPS) is 19.3. The van der Waals surface area contributed by atoms with Crippen LogP contribution in [-0.2, 0) is 4.74 Å². The Bertz CT molecular complexity index is 831. The average Bonchev–Trinajstić information content (AvgIpc) is 2.73. The Morgan fingerprint density at radius 2 is 1.87 bits per heavy atom. The van der Waals surface area contributed by atoms with Crippen molar-refractivity contribution in [3.8, 4) is 22.6 Å². The van der Waals surface area contributed by atoms with Crippen molar-refractivity contribution in [2.75, 3.05) is 39.9 Å². The van der Waals surface area contributed by atoms with E-state index in [1.54, 1.807) is 13.2 Å². The van der Waals surface area contributed by atoms with Crippen LogP contribution in [0.2, 0.25) is 0 Å². The molecule has 0 saturated carbocycles. The molecule has 6 heteroatoms. The lowest BCUT2D eigenvalue weighted by molar-refractivity contribution is -0.0672. The molecule has 0 radical (unpaired) electrons. The summed E-state index contributed by atoms with van der Waals surface area (Å²) in [6.45, 7) is 9.71. The Morgan fingerprint density at radius 1 is 1.17 bits per heavy atom. The minimum Gasteiger partial charge on any atom is -0.492 e. The first-order valence-electron chi connectivity index (χ1n) is 10.6. The summed E-state index contributed by atoms with van der Waals surface area (Å²) in [5.74, 6) is 1.09. The van der Waals surface area contributed by atoms with E-state index < -0.39 is 0 Å². The number of carbonyl (C=O) groups excluding carboxylic acids is 1. The summed E-state index contributed by atoms with van der Waals surface area (Å²) in [4.78, 5) is 15.2. The summed E-state index contributed by atoms with van der Waals surface area (Å²) >= 11 is 0. The van der Waals surface area contributed by atoms with Crippen molar-refractivity contribution in [3.05, 3.63) is 48.0 Å². The van der Waals surface area contributed by atoms with Crippen molar-refractivity contribution in [3.63, 3.8) is 0 Å². The van der Waals surface area contributed by atoms with E-state index in [1.165, 1.54) is 0 Å². The van der Waals surface area contributed by atoms with Gasteiger partial charge in [-0.05, 0) is 38.5 Å². The number of ether oxygens (including phenoxy) is 3. The van der Waals surface area contributed by atoms with Gasteiger partial charge in [-0.1, -0.05) is 30.3 Å². The molecule has 1 amide bonds. The van der Waals surface area contributed by atoms with Crippen LogP contribution in [0.1, 0.15) is 31.1 Å². The molecule has 0 aromatic heterocycles. The number of hydrogen-bond acceptors (Lipinski definition) is 5. The molecule has 1 saturated heterocycles. The van der Waals surface area contributed by atoms with Gasteiger partial charge in [0.05, 0.1) is 25.9 Å². The van der Waals surface area contributed by atoms with Crippen molar-refractivity contribution >= 4 is 5.91 Å². The Kier molecular flexibility index (Phi) is 7.71. The molecule has 6 nitrogen and oxygen atoms in total. The molecule has 0 bridgehead atoms. The molecule has 0 spiro atoms. The highest BCUT2D eigenvalue weighted by molar-refractivity contribution is 5.97. The summed E-state index contributed by atoms with van der Waals surface area (Å²) in [6, 6.07) is 13.5. The SMILES string of the molecule is CCOc1cc(C(=O)NCCN2CC(C)OC(C)C2)cc(-c2ccccc2)c1OC. The molecule has 2 aromatic carbocycles. The van der Waals surface area contributed by atoms with E-state index >= 15 is 0 Å². The van der Waals surface area contributed by atoms with Gasteiger partial charge in [0.15, 0.2) is 11.5 Å². The lowest BCUT2D eigenvalue weighted by atomic mass is 10.0. The summed E-state index contributed by atoms with van der Waals surface area (Å²) in [6.07, 6.45) is 0.432. The molecule has 2 aromatic rings. The van der Waals surface area contributed by atoms with Gasteiger partial charge in [0, 0.05) is 37.3 Å². The van der Waals surface area contributed by atoms with Gasteiger partial charge in [0.2, 0.25) is 0 Å². The minimum absolute atomic E-state index is 0.120. The third-order valence-electron chi connectivity index (χ3n) is 5.11. The number of nitrogens with one attached hydrogen (secondary N) is 1. The number of amides is 1. The number of morpholine rings is 1. The minimum atomic E-state index is -0.120. The molecule has 1 heterocycles. The molecular formula is C24H32N2O4. The second kappa shape index (κ2) is 10.5. The van der Waals surface area contributed by atoms with Gasteiger partial charge in [-0.15, -0.1) is 0 Å². The first kappa shape index (κ1) is 22.1. The smallest absolute Gasteiger partial charge is 0.251 e. The van der Waals surface area contributed by atoms with Crippen LogP contribution in [0.15, 0.2) is 42.5 Å². The number of methoxy groups -OCH3 is 1. The molecular weight excluding hydrogens is 380 g/mol. The maximum absolute atomic E-state index is 12.9. The summed E-state index contributed by atoms with van der Waals surface area (Å²) < 4.78 is 17.2. The zero-order chi connectivity index (χ0) is 21.5. The van der Waals surface area contributed by atoms with Crippen molar-refractivity contribution < 1.29 is 19.0 Å². The molecule has 0 aliphatic carbocycles. The zero-order valence-electron chi connectivity index (χ0n) is 18.3. The number of rotatable bonds is 8. The standard InChI is InChI=1S/C24H32N2O4/c1-5-29-22-14-20(13-21(23(22)28-4)19-9-7-6-8-10-19)24(27)25-11-12-26-15-17(2)30-18(3)16-26/h6-10,13-14,17-18H,5,11-12,15-16H2,1-4H3,(H,25,27). The van der Waals surface area contributed by atoms with E-state index in [9.17, 15) is 4.79 Å². The van der Waals surface area contributed by atoms with E-state index in [0.29, 0.717) is 30.2 Å². The van der Waals surface area contributed by atoms with Gasteiger partial charge in [0.25, 0.3) is 5.91 Å². The Balaban J connectivity index is 1.75. The highest BCUT2D eigenvalue weighted by Crippen LogP contribution is 2.39. The highest BCUT2D eigenvalue weighted by Gasteiger charge is 2.22. The second-order valence-corrected chi connectivity index (χ2v) is 7.63. The van der Waals surface area contributed by atoms with Gasteiger partial charge in [-0.3, -0.25) is 9.69 Å². The van der Waals surface area contributed by atoms with E-state index in [4.69, 9.17) is 14.2 Å². The van der Waals surface area contributed by atoms with Gasteiger partial charge >= 0.3 is 0 Å². The molecule has 30 heavy (non-hydrogen) atoms. The fourth-order valence-electron chi connectivity index (χ4n) is 3.94. The van der Waals surface area contributed by atoms with E-state index in [2.05, 4.69) is 24.1 Å². The van der Waals surface area contributed by atoms with Crippen molar-refractivity contribution in [1.82, 2.24) is 10.2 Å². The molecule has 1 aliphatic rings. The summed E-state index contributed by atoms with van der Waals surface area (Å²) in [5.41, 5.74) is 2.37. The lowest BCUT2D eigenvalue weighted by Crippen LogP contribution is -2.47. The van der Waals surface area contributed by atoms with Gasteiger partial charge in [0.1, 0.15) is 0 Å². The number of nitrogens with zero attached hydrogens (tertiary/aromatic N) is 1. The summed E-state index contributed by atoms with van der Waals surface area (Å²) in [5, 5.41) is 3.04. The van der Waals surface area contributed by atoms with E-state index in [0.717, 1.165) is 30.8 Å². The Labute approximate surface area is 179 Å². The van der Waals surface area contributed by atoms with Crippen LogP contribution in [0.25, 0.3) is 11.1 Å². The van der Waals surface area contributed by atoms with Gasteiger partial charge < -0.3 is 19.5 Å². The van der Waals surface area contributed by atoms with Crippen LogP contribution >= 0.6 is 0 Å². The number of carbonyl (C=O) groups is 1. The lowest BCUT2D eigenvalue weighted by Gasteiger charge is -2.35. The van der Waals surface area contributed by atoms with Crippen LogP contribution < -0.4 is 14.8 Å². The molecule has 1 fully saturated rings.